The number of imidazole rings is 1. The zero-order valence-electron chi connectivity index (χ0n) is 16.6. The Kier molecular flexibility index (Phi) is 5.45. The number of nitrogens with zero attached hydrogens (tertiary/aromatic N) is 1. The number of fused-ring (bicyclic) bond motifs is 3. The van der Waals surface area contributed by atoms with Crippen molar-refractivity contribution in [3.05, 3.63) is 77.4 Å². The number of ether oxygens (including phenoxy) is 1. The summed E-state index contributed by atoms with van der Waals surface area (Å²) in [6, 6.07) is 16.4. The number of carbonyl (C=O) groups is 2. The van der Waals surface area contributed by atoms with Gasteiger partial charge in [-0.15, -0.1) is 12.4 Å². The van der Waals surface area contributed by atoms with Crippen molar-refractivity contribution in [2.24, 2.45) is 0 Å². The number of carboxylic acids is 1. The smallest absolute Gasteiger partial charge is 0.407 e. The van der Waals surface area contributed by atoms with E-state index in [1.807, 2.05) is 24.3 Å². The van der Waals surface area contributed by atoms with Gasteiger partial charge in [-0.2, -0.15) is 0 Å². The van der Waals surface area contributed by atoms with Gasteiger partial charge in [0.2, 0.25) is 0 Å². The highest BCUT2D eigenvalue weighted by Crippen LogP contribution is 2.45. The number of nitrogens with one attached hydrogen (secondary N) is 2. The summed E-state index contributed by atoms with van der Waals surface area (Å²) in [5.74, 6) is -0.633. The molecule has 0 spiro atoms. The van der Waals surface area contributed by atoms with E-state index in [2.05, 4.69) is 39.6 Å². The van der Waals surface area contributed by atoms with E-state index in [4.69, 9.17) is 9.84 Å². The number of rotatable bonds is 5. The van der Waals surface area contributed by atoms with E-state index >= 15 is 0 Å². The predicted molar refractivity (Wildman–Crippen MR) is 117 cm³/mol. The molecule has 1 fully saturated rings. The van der Waals surface area contributed by atoms with Crippen LogP contribution in [0, 0.1) is 0 Å². The van der Waals surface area contributed by atoms with Crippen LogP contribution in [-0.2, 0) is 10.3 Å². The van der Waals surface area contributed by atoms with Gasteiger partial charge in [0, 0.05) is 5.92 Å². The zero-order chi connectivity index (χ0) is 20.7. The molecule has 8 heteroatoms. The average molecular weight is 440 g/mol. The van der Waals surface area contributed by atoms with Gasteiger partial charge < -0.3 is 20.1 Å². The summed E-state index contributed by atoms with van der Waals surface area (Å²) in [7, 11) is 0. The van der Waals surface area contributed by atoms with Gasteiger partial charge >= 0.3 is 12.1 Å². The van der Waals surface area contributed by atoms with Crippen molar-refractivity contribution >= 4 is 24.5 Å². The summed E-state index contributed by atoms with van der Waals surface area (Å²) in [6.45, 7) is 0.231. The lowest BCUT2D eigenvalue weighted by molar-refractivity contribution is 0.0690. The molecule has 2 aromatic carbocycles. The van der Waals surface area contributed by atoms with E-state index < -0.39 is 17.6 Å². The molecule has 5 rings (SSSR count). The van der Waals surface area contributed by atoms with Crippen LogP contribution < -0.4 is 5.32 Å². The van der Waals surface area contributed by atoms with Gasteiger partial charge in [-0.1, -0.05) is 48.5 Å². The van der Waals surface area contributed by atoms with Crippen molar-refractivity contribution in [2.45, 2.75) is 30.7 Å². The molecule has 160 valence electrons. The van der Waals surface area contributed by atoms with Crippen molar-refractivity contribution in [1.29, 1.82) is 0 Å². The fourth-order valence-electron chi connectivity index (χ4n) is 4.45. The summed E-state index contributed by atoms with van der Waals surface area (Å²) in [5, 5.41) is 12.0. The Balaban J connectivity index is 0.00000231. The molecule has 3 N–H and O–H groups in total. The summed E-state index contributed by atoms with van der Waals surface area (Å²) in [5.41, 5.74) is 3.97. The van der Waals surface area contributed by atoms with Gasteiger partial charge in [0.25, 0.3) is 0 Å². The quantitative estimate of drug-likeness (QED) is 0.544. The monoisotopic (exact) mass is 439 g/mol. The van der Waals surface area contributed by atoms with Crippen LogP contribution >= 0.6 is 12.4 Å². The number of halogens is 1. The molecular weight excluding hydrogens is 418 g/mol. The Hall–Kier alpha value is -3.32. The largest absolute Gasteiger partial charge is 0.477 e. The highest BCUT2D eigenvalue weighted by molar-refractivity contribution is 5.85. The third-order valence-corrected chi connectivity index (χ3v) is 6.15. The van der Waals surface area contributed by atoms with E-state index in [1.165, 1.54) is 17.3 Å². The number of hydrogen-bond donors (Lipinski definition) is 3. The van der Waals surface area contributed by atoms with E-state index in [0.717, 1.165) is 17.5 Å². The van der Waals surface area contributed by atoms with Crippen LogP contribution in [-0.4, -0.2) is 33.7 Å². The Bertz CT molecular complexity index is 1090. The van der Waals surface area contributed by atoms with Crippen LogP contribution in [0.3, 0.4) is 0 Å². The molecule has 1 aromatic heterocycles. The number of aromatic nitrogens is 2. The van der Waals surface area contributed by atoms with Crippen molar-refractivity contribution < 1.29 is 19.4 Å². The predicted octanol–water partition coefficient (Wildman–Crippen LogP) is 4.45. The molecule has 2 aliphatic carbocycles. The first-order chi connectivity index (χ1) is 14.6. The Morgan fingerprint density at radius 3 is 2.23 bits per heavy atom. The zero-order valence-corrected chi connectivity index (χ0v) is 17.4. The first-order valence-corrected chi connectivity index (χ1v) is 9.99. The Morgan fingerprint density at radius 2 is 1.71 bits per heavy atom. The first-order valence-electron chi connectivity index (χ1n) is 9.99. The summed E-state index contributed by atoms with van der Waals surface area (Å²) in [6.07, 6.45) is 3.04. The number of amides is 1. The molecule has 7 nitrogen and oxygen atoms in total. The SMILES string of the molecule is Cl.O=C(NC1(c2ncc(C(=O)O)[nH]2)CCC1)OCC1c2ccccc2-c2ccccc21. The number of carbonyl (C=O) groups excluding carboxylic acids is 1. The molecule has 1 amide bonds. The topological polar surface area (TPSA) is 104 Å². The third kappa shape index (κ3) is 3.55. The summed E-state index contributed by atoms with van der Waals surface area (Å²) < 4.78 is 5.64. The van der Waals surface area contributed by atoms with Gasteiger partial charge in [0.05, 0.1) is 6.20 Å². The second kappa shape index (κ2) is 8.07. The van der Waals surface area contributed by atoms with Gasteiger partial charge in [-0.05, 0) is 41.5 Å². The molecule has 0 unspecified atom stereocenters. The van der Waals surface area contributed by atoms with Crippen LogP contribution in [0.1, 0.15) is 52.6 Å². The minimum Gasteiger partial charge on any atom is -0.477 e. The molecule has 0 radical (unpaired) electrons. The van der Waals surface area contributed by atoms with Gasteiger partial charge in [-0.25, -0.2) is 14.6 Å². The lowest BCUT2D eigenvalue weighted by Crippen LogP contribution is -2.51. The standard InChI is InChI=1S/C23H21N3O4.ClH/c27-20(28)19-12-24-21(25-19)23(10-5-11-23)26-22(29)30-13-18-16-8-3-1-6-14(16)15-7-2-4-9-17(15)18;/h1-4,6-9,12,18H,5,10-11,13H2,(H,24,25)(H,26,29)(H,27,28);1H. The Morgan fingerprint density at radius 1 is 1.10 bits per heavy atom. The van der Waals surface area contributed by atoms with Crippen molar-refractivity contribution in [1.82, 2.24) is 15.3 Å². The molecule has 0 saturated heterocycles. The number of H-pyrrole nitrogens is 1. The number of benzene rings is 2. The van der Waals surface area contributed by atoms with Gasteiger partial charge in [-0.3, -0.25) is 0 Å². The molecule has 3 aromatic rings. The summed E-state index contributed by atoms with van der Waals surface area (Å²) >= 11 is 0. The lowest BCUT2D eigenvalue weighted by atomic mass is 9.76. The maximum Gasteiger partial charge on any atom is 0.407 e. The van der Waals surface area contributed by atoms with E-state index in [1.54, 1.807) is 0 Å². The van der Waals surface area contributed by atoms with Crippen molar-refractivity contribution in [2.75, 3.05) is 6.61 Å². The number of aromatic amines is 1. The molecule has 2 aliphatic rings. The van der Waals surface area contributed by atoms with Crippen LogP contribution in [0.4, 0.5) is 4.79 Å². The molecular formula is C23H22ClN3O4. The highest BCUT2D eigenvalue weighted by Gasteiger charge is 2.43. The second-order valence-corrected chi connectivity index (χ2v) is 7.84. The van der Waals surface area contributed by atoms with E-state index in [9.17, 15) is 9.59 Å². The fraction of sp³-hybridized carbons (Fsp3) is 0.261. The van der Waals surface area contributed by atoms with E-state index in [0.29, 0.717) is 18.7 Å². The van der Waals surface area contributed by atoms with Crippen LogP contribution in [0.15, 0.2) is 54.7 Å². The molecule has 0 bridgehead atoms. The van der Waals surface area contributed by atoms with Crippen LogP contribution in [0.5, 0.6) is 0 Å². The molecule has 0 atom stereocenters. The number of carboxylic acid groups (broad SMARTS) is 1. The maximum absolute atomic E-state index is 12.7. The normalized spacial score (nSPS) is 15.7. The van der Waals surface area contributed by atoms with Gasteiger partial charge in [0.15, 0.2) is 0 Å². The minimum absolute atomic E-state index is 0. The lowest BCUT2D eigenvalue weighted by Gasteiger charge is -2.40. The highest BCUT2D eigenvalue weighted by atomic mass is 35.5. The summed E-state index contributed by atoms with van der Waals surface area (Å²) in [4.78, 5) is 30.8. The van der Waals surface area contributed by atoms with Crippen molar-refractivity contribution in [3.63, 3.8) is 0 Å². The van der Waals surface area contributed by atoms with Crippen LogP contribution in [0.25, 0.3) is 11.1 Å². The fourth-order valence-corrected chi connectivity index (χ4v) is 4.45. The van der Waals surface area contributed by atoms with E-state index in [-0.39, 0.29) is 30.6 Å². The number of aromatic carboxylic acids is 1. The van der Waals surface area contributed by atoms with Crippen molar-refractivity contribution in [3.8, 4) is 11.1 Å². The second-order valence-electron chi connectivity index (χ2n) is 7.84. The number of alkyl carbamates (subject to hydrolysis) is 1. The Labute approximate surface area is 185 Å². The van der Waals surface area contributed by atoms with Gasteiger partial charge in [0.1, 0.15) is 23.7 Å². The number of hydrogen-bond acceptors (Lipinski definition) is 4. The third-order valence-electron chi connectivity index (χ3n) is 6.15. The molecule has 1 heterocycles. The maximum atomic E-state index is 12.7. The first kappa shape index (κ1) is 20.9. The minimum atomic E-state index is -1.08. The molecule has 0 aliphatic heterocycles. The molecule has 1 saturated carbocycles. The average Bonchev–Trinajstić information content (AvgIpc) is 3.33. The van der Waals surface area contributed by atoms with Crippen LogP contribution in [0.2, 0.25) is 0 Å². The molecule has 31 heavy (non-hydrogen) atoms.